The number of aromatic nitrogens is 2. The summed E-state index contributed by atoms with van der Waals surface area (Å²) in [6, 6.07) is 6.34. The van der Waals surface area contributed by atoms with Crippen LogP contribution in [0.15, 0.2) is 30.6 Å². The fourth-order valence-electron chi connectivity index (χ4n) is 2.01. The normalized spacial score (nSPS) is 13.8. The van der Waals surface area contributed by atoms with E-state index in [1.54, 1.807) is 12.4 Å². The average Bonchev–Trinajstić information content (AvgIpc) is 3.28. The largest absolute Gasteiger partial charge is 0.351 e. The SMILES string of the molecule is Cc1cccc(NC(=O)c2cnc(NC3CC3)nc2)c1C. The molecule has 0 radical (unpaired) electrons. The highest BCUT2D eigenvalue weighted by molar-refractivity contribution is 6.04. The van der Waals surface area contributed by atoms with Crippen LogP contribution in [0.1, 0.15) is 34.3 Å². The second-order valence-electron chi connectivity index (χ2n) is 5.42. The van der Waals surface area contributed by atoms with Crippen molar-refractivity contribution >= 4 is 17.5 Å². The van der Waals surface area contributed by atoms with Crippen LogP contribution in [0.25, 0.3) is 0 Å². The van der Waals surface area contributed by atoms with Crippen LogP contribution in [0.5, 0.6) is 0 Å². The Morgan fingerprint density at radius 3 is 2.57 bits per heavy atom. The van der Waals surface area contributed by atoms with Crippen LogP contribution in [0, 0.1) is 13.8 Å². The van der Waals surface area contributed by atoms with Crippen molar-refractivity contribution in [3.63, 3.8) is 0 Å². The molecule has 0 atom stereocenters. The Morgan fingerprint density at radius 2 is 1.90 bits per heavy atom. The van der Waals surface area contributed by atoms with E-state index in [4.69, 9.17) is 0 Å². The highest BCUT2D eigenvalue weighted by Crippen LogP contribution is 2.22. The Bertz CT molecular complexity index is 662. The van der Waals surface area contributed by atoms with Crippen LogP contribution < -0.4 is 10.6 Å². The second-order valence-corrected chi connectivity index (χ2v) is 5.42. The van der Waals surface area contributed by atoms with E-state index in [0.717, 1.165) is 29.7 Å². The molecule has 1 aliphatic rings. The third kappa shape index (κ3) is 3.18. The Kier molecular flexibility index (Phi) is 3.56. The molecule has 2 aromatic rings. The molecule has 1 aliphatic carbocycles. The van der Waals surface area contributed by atoms with Crippen molar-refractivity contribution in [1.29, 1.82) is 0 Å². The molecule has 0 spiro atoms. The van der Waals surface area contributed by atoms with Crippen molar-refractivity contribution in [2.45, 2.75) is 32.7 Å². The van der Waals surface area contributed by atoms with Gasteiger partial charge in [0.2, 0.25) is 5.95 Å². The highest BCUT2D eigenvalue weighted by Gasteiger charge is 2.21. The van der Waals surface area contributed by atoms with Crippen LogP contribution in [0.4, 0.5) is 11.6 Å². The Hall–Kier alpha value is -2.43. The number of nitrogens with zero attached hydrogens (tertiary/aromatic N) is 2. The molecular formula is C16H18N4O. The molecule has 1 fully saturated rings. The maximum atomic E-state index is 12.2. The summed E-state index contributed by atoms with van der Waals surface area (Å²) in [6.45, 7) is 4.01. The lowest BCUT2D eigenvalue weighted by atomic mass is 10.1. The van der Waals surface area contributed by atoms with Crippen molar-refractivity contribution in [3.8, 4) is 0 Å². The predicted octanol–water partition coefficient (Wildman–Crippen LogP) is 2.92. The summed E-state index contributed by atoms with van der Waals surface area (Å²) >= 11 is 0. The third-order valence-electron chi connectivity index (χ3n) is 3.68. The standard InChI is InChI=1S/C16H18N4O/c1-10-4-3-5-14(11(10)2)20-15(21)12-8-17-16(18-9-12)19-13-6-7-13/h3-5,8-9,13H,6-7H2,1-2H3,(H,20,21)(H,17,18,19). The van der Waals surface area contributed by atoms with Crippen molar-refractivity contribution in [3.05, 3.63) is 47.3 Å². The van der Waals surface area contributed by atoms with Gasteiger partial charge < -0.3 is 10.6 Å². The molecule has 0 aliphatic heterocycles. The first-order chi connectivity index (χ1) is 10.1. The van der Waals surface area contributed by atoms with Crippen LogP contribution in [-0.4, -0.2) is 21.9 Å². The molecule has 2 N–H and O–H groups in total. The topological polar surface area (TPSA) is 66.9 Å². The smallest absolute Gasteiger partial charge is 0.258 e. The summed E-state index contributed by atoms with van der Waals surface area (Å²) in [5.74, 6) is 0.391. The molecule has 5 nitrogen and oxygen atoms in total. The first kappa shape index (κ1) is 13.5. The van der Waals surface area contributed by atoms with Gasteiger partial charge in [0.15, 0.2) is 0 Å². The van der Waals surface area contributed by atoms with Gasteiger partial charge in [0, 0.05) is 24.1 Å². The van der Waals surface area contributed by atoms with Gasteiger partial charge in [-0.15, -0.1) is 0 Å². The van der Waals surface area contributed by atoms with E-state index in [1.807, 2.05) is 32.0 Å². The molecule has 108 valence electrons. The zero-order valence-corrected chi connectivity index (χ0v) is 12.2. The number of anilines is 2. The fourth-order valence-corrected chi connectivity index (χ4v) is 2.01. The lowest BCUT2D eigenvalue weighted by molar-refractivity contribution is 0.102. The lowest BCUT2D eigenvalue weighted by Crippen LogP contribution is -2.14. The van der Waals surface area contributed by atoms with Crippen LogP contribution in [-0.2, 0) is 0 Å². The minimum Gasteiger partial charge on any atom is -0.351 e. The number of amides is 1. The molecule has 0 bridgehead atoms. The molecule has 1 aromatic carbocycles. The molecule has 3 rings (SSSR count). The number of hydrogen-bond donors (Lipinski definition) is 2. The molecule has 0 unspecified atom stereocenters. The van der Waals surface area contributed by atoms with Crippen LogP contribution >= 0.6 is 0 Å². The molecule has 1 amide bonds. The number of nitrogens with one attached hydrogen (secondary N) is 2. The maximum absolute atomic E-state index is 12.2. The van der Waals surface area contributed by atoms with E-state index in [0.29, 0.717) is 17.6 Å². The summed E-state index contributed by atoms with van der Waals surface area (Å²) in [6.07, 6.45) is 5.44. The van der Waals surface area contributed by atoms with Gasteiger partial charge >= 0.3 is 0 Å². The summed E-state index contributed by atoms with van der Waals surface area (Å²) in [7, 11) is 0. The van der Waals surface area contributed by atoms with Crippen molar-refractivity contribution < 1.29 is 4.79 Å². The number of aryl methyl sites for hydroxylation is 1. The number of carbonyl (C=O) groups is 1. The minimum absolute atomic E-state index is 0.193. The number of hydrogen-bond acceptors (Lipinski definition) is 4. The lowest BCUT2D eigenvalue weighted by Gasteiger charge is -2.10. The summed E-state index contributed by atoms with van der Waals surface area (Å²) in [4.78, 5) is 20.6. The third-order valence-corrected chi connectivity index (χ3v) is 3.68. The van der Waals surface area contributed by atoms with E-state index in [1.165, 1.54) is 0 Å². The van der Waals surface area contributed by atoms with E-state index >= 15 is 0 Å². The first-order valence-electron chi connectivity index (χ1n) is 7.09. The number of carbonyl (C=O) groups excluding carboxylic acids is 1. The predicted molar refractivity (Wildman–Crippen MR) is 82.5 cm³/mol. The molecule has 1 aromatic heterocycles. The van der Waals surface area contributed by atoms with Crippen molar-refractivity contribution in [2.24, 2.45) is 0 Å². The summed E-state index contributed by atoms with van der Waals surface area (Å²) in [5.41, 5.74) is 3.49. The van der Waals surface area contributed by atoms with Gasteiger partial charge in [-0.3, -0.25) is 4.79 Å². The summed E-state index contributed by atoms with van der Waals surface area (Å²) < 4.78 is 0. The fraction of sp³-hybridized carbons (Fsp3) is 0.312. The van der Waals surface area contributed by atoms with E-state index in [-0.39, 0.29) is 5.91 Å². The van der Waals surface area contributed by atoms with Gasteiger partial charge in [-0.25, -0.2) is 9.97 Å². The zero-order valence-electron chi connectivity index (χ0n) is 12.2. The van der Waals surface area contributed by atoms with Gasteiger partial charge in [0.05, 0.1) is 5.56 Å². The van der Waals surface area contributed by atoms with Gasteiger partial charge in [-0.1, -0.05) is 12.1 Å². The van der Waals surface area contributed by atoms with Gasteiger partial charge in [-0.2, -0.15) is 0 Å². The van der Waals surface area contributed by atoms with Gasteiger partial charge in [-0.05, 0) is 43.9 Å². The highest BCUT2D eigenvalue weighted by atomic mass is 16.1. The Balaban J connectivity index is 1.70. The zero-order chi connectivity index (χ0) is 14.8. The van der Waals surface area contributed by atoms with Crippen LogP contribution in [0.2, 0.25) is 0 Å². The van der Waals surface area contributed by atoms with Gasteiger partial charge in [0.1, 0.15) is 0 Å². The van der Waals surface area contributed by atoms with Gasteiger partial charge in [0.25, 0.3) is 5.91 Å². The molecule has 21 heavy (non-hydrogen) atoms. The van der Waals surface area contributed by atoms with E-state index in [2.05, 4.69) is 20.6 Å². The molecule has 1 heterocycles. The molecular weight excluding hydrogens is 264 g/mol. The first-order valence-corrected chi connectivity index (χ1v) is 7.09. The molecule has 1 saturated carbocycles. The summed E-state index contributed by atoms with van der Waals surface area (Å²) in [5, 5.41) is 6.09. The van der Waals surface area contributed by atoms with E-state index < -0.39 is 0 Å². The number of benzene rings is 1. The Morgan fingerprint density at radius 1 is 1.19 bits per heavy atom. The van der Waals surface area contributed by atoms with Crippen LogP contribution in [0.3, 0.4) is 0 Å². The molecule has 5 heteroatoms. The second kappa shape index (κ2) is 5.52. The van der Waals surface area contributed by atoms with Crippen molar-refractivity contribution in [1.82, 2.24) is 9.97 Å². The monoisotopic (exact) mass is 282 g/mol. The van der Waals surface area contributed by atoms with Crippen molar-refractivity contribution in [2.75, 3.05) is 10.6 Å². The molecule has 0 saturated heterocycles. The maximum Gasteiger partial charge on any atom is 0.258 e. The van der Waals surface area contributed by atoms with E-state index in [9.17, 15) is 4.79 Å². The Labute approximate surface area is 123 Å². The number of rotatable bonds is 4. The quantitative estimate of drug-likeness (QED) is 0.904. The average molecular weight is 282 g/mol. The minimum atomic E-state index is -0.193.